The molecule has 3 aromatic rings. The predicted molar refractivity (Wildman–Crippen MR) is 77.9 cm³/mol. The van der Waals surface area contributed by atoms with Crippen LogP contribution in [0.15, 0.2) is 47.4 Å². The molecule has 0 bridgehead atoms. The van der Waals surface area contributed by atoms with Crippen molar-refractivity contribution in [3.8, 4) is 0 Å². The van der Waals surface area contributed by atoms with Crippen molar-refractivity contribution in [2.45, 2.75) is 13.1 Å². The van der Waals surface area contributed by atoms with Crippen LogP contribution in [0.25, 0.3) is 5.65 Å². The largest absolute Gasteiger partial charge is 0.350 e. The van der Waals surface area contributed by atoms with E-state index in [0.29, 0.717) is 23.8 Å². The van der Waals surface area contributed by atoms with Crippen molar-refractivity contribution in [1.82, 2.24) is 14.2 Å². The molecule has 0 saturated carbocycles. The van der Waals surface area contributed by atoms with E-state index >= 15 is 0 Å². The third-order valence-electron chi connectivity index (χ3n) is 3.16. The number of nitrogens with zero attached hydrogens (tertiary/aromatic N) is 3. The lowest BCUT2D eigenvalue weighted by atomic mass is 10.1. The third kappa shape index (κ3) is 2.21. The van der Waals surface area contributed by atoms with Gasteiger partial charge in [0, 0.05) is 17.8 Å². The molecular formula is C14H13ClN4O. The molecule has 0 aliphatic rings. The fourth-order valence-corrected chi connectivity index (χ4v) is 2.34. The van der Waals surface area contributed by atoms with Gasteiger partial charge in [-0.3, -0.25) is 4.40 Å². The second-order valence-electron chi connectivity index (χ2n) is 4.50. The second-order valence-corrected chi connectivity index (χ2v) is 4.91. The summed E-state index contributed by atoms with van der Waals surface area (Å²) in [4.78, 5) is 12.2. The number of fused-ring (bicyclic) bond motifs is 1. The Balaban J connectivity index is 2.01. The number of rotatable bonds is 3. The van der Waals surface area contributed by atoms with Crippen molar-refractivity contribution in [3.05, 3.63) is 69.2 Å². The standard InChI is InChI=1S/C14H13ClN4O/c15-12-7-10(8-16)4-5-11(12)9-19-14(20)18-6-2-1-3-13(18)17-19/h1-7H,8-9,16H2. The number of halogens is 1. The molecule has 0 unspecified atom stereocenters. The van der Waals surface area contributed by atoms with Crippen LogP contribution in [-0.2, 0) is 13.1 Å². The summed E-state index contributed by atoms with van der Waals surface area (Å²) in [6, 6.07) is 11.0. The van der Waals surface area contributed by atoms with E-state index in [-0.39, 0.29) is 5.69 Å². The van der Waals surface area contributed by atoms with Gasteiger partial charge in [0.15, 0.2) is 5.65 Å². The van der Waals surface area contributed by atoms with Gasteiger partial charge in [0.25, 0.3) is 0 Å². The molecule has 102 valence electrons. The van der Waals surface area contributed by atoms with E-state index in [1.165, 1.54) is 9.08 Å². The van der Waals surface area contributed by atoms with E-state index in [9.17, 15) is 4.79 Å². The summed E-state index contributed by atoms with van der Waals surface area (Å²) in [5.41, 5.74) is 7.81. The van der Waals surface area contributed by atoms with Crippen LogP contribution in [0.4, 0.5) is 0 Å². The van der Waals surface area contributed by atoms with Crippen molar-refractivity contribution in [2.24, 2.45) is 5.73 Å². The van der Waals surface area contributed by atoms with Gasteiger partial charge >= 0.3 is 5.69 Å². The summed E-state index contributed by atoms with van der Waals surface area (Å²) in [6.07, 6.45) is 1.69. The number of pyridine rings is 1. The number of aromatic nitrogens is 3. The highest BCUT2D eigenvalue weighted by atomic mass is 35.5. The van der Waals surface area contributed by atoms with E-state index in [2.05, 4.69) is 5.10 Å². The molecule has 3 rings (SSSR count). The van der Waals surface area contributed by atoms with Crippen LogP contribution in [0.1, 0.15) is 11.1 Å². The summed E-state index contributed by atoms with van der Waals surface area (Å²) in [6.45, 7) is 0.776. The number of benzene rings is 1. The van der Waals surface area contributed by atoms with E-state index in [1.54, 1.807) is 18.3 Å². The van der Waals surface area contributed by atoms with Crippen molar-refractivity contribution in [3.63, 3.8) is 0 Å². The number of hydrogen-bond donors (Lipinski definition) is 1. The minimum Gasteiger partial charge on any atom is -0.326 e. The average Bonchev–Trinajstić information content (AvgIpc) is 2.78. The summed E-state index contributed by atoms with van der Waals surface area (Å²) < 4.78 is 2.90. The Kier molecular flexibility index (Phi) is 3.30. The molecule has 6 heteroatoms. The lowest BCUT2D eigenvalue weighted by Crippen LogP contribution is -2.21. The predicted octanol–water partition coefficient (Wildman–Crippen LogP) is 1.66. The zero-order valence-electron chi connectivity index (χ0n) is 10.7. The Hall–Kier alpha value is -2.11. The van der Waals surface area contributed by atoms with Gasteiger partial charge in [-0.25, -0.2) is 9.48 Å². The van der Waals surface area contributed by atoms with Crippen LogP contribution in [-0.4, -0.2) is 14.2 Å². The van der Waals surface area contributed by atoms with Crippen LogP contribution >= 0.6 is 11.6 Å². The first-order valence-electron chi connectivity index (χ1n) is 6.20. The van der Waals surface area contributed by atoms with E-state index in [4.69, 9.17) is 17.3 Å². The normalized spacial score (nSPS) is 11.1. The van der Waals surface area contributed by atoms with Crippen LogP contribution < -0.4 is 11.4 Å². The minimum absolute atomic E-state index is 0.181. The summed E-state index contributed by atoms with van der Waals surface area (Å²) in [5.74, 6) is 0. The molecule has 2 heterocycles. The Morgan fingerprint density at radius 2 is 2.10 bits per heavy atom. The van der Waals surface area contributed by atoms with Crippen molar-refractivity contribution in [1.29, 1.82) is 0 Å². The summed E-state index contributed by atoms with van der Waals surface area (Å²) in [5, 5.41) is 4.87. The molecule has 0 aliphatic heterocycles. The fraction of sp³-hybridized carbons (Fsp3) is 0.143. The van der Waals surface area contributed by atoms with Gasteiger partial charge in [0.1, 0.15) is 0 Å². The van der Waals surface area contributed by atoms with Gasteiger partial charge in [-0.15, -0.1) is 5.10 Å². The van der Waals surface area contributed by atoms with Gasteiger partial charge in [-0.05, 0) is 29.3 Å². The minimum atomic E-state index is -0.181. The molecule has 0 radical (unpaired) electrons. The molecule has 0 saturated heterocycles. The molecule has 2 aromatic heterocycles. The Bertz CT molecular complexity index is 821. The SMILES string of the molecule is NCc1ccc(Cn2nc3ccccn3c2=O)c(Cl)c1. The summed E-state index contributed by atoms with van der Waals surface area (Å²) >= 11 is 6.20. The molecule has 0 spiro atoms. The number of hydrogen-bond acceptors (Lipinski definition) is 3. The zero-order chi connectivity index (χ0) is 14.1. The average molecular weight is 289 g/mol. The Morgan fingerprint density at radius 1 is 1.25 bits per heavy atom. The Morgan fingerprint density at radius 3 is 2.80 bits per heavy atom. The first-order valence-corrected chi connectivity index (χ1v) is 6.58. The van der Waals surface area contributed by atoms with Crippen LogP contribution in [0.2, 0.25) is 5.02 Å². The molecule has 1 aromatic carbocycles. The smallest absolute Gasteiger partial charge is 0.326 e. The molecule has 20 heavy (non-hydrogen) atoms. The molecule has 0 aliphatic carbocycles. The molecule has 5 nitrogen and oxygen atoms in total. The lowest BCUT2D eigenvalue weighted by Gasteiger charge is -2.05. The first kappa shape index (κ1) is 12.9. The molecule has 0 amide bonds. The highest BCUT2D eigenvalue weighted by Crippen LogP contribution is 2.18. The van der Waals surface area contributed by atoms with Crippen LogP contribution in [0, 0.1) is 0 Å². The topological polar surface area (TPSA) is 65.3 Å². The maximum atomic E-state index is 12.2. The number of nitrogens with two attached hydrogens (primary N) is 1. The first-order chi connectivity index (χ1) is 9.69. The summed E-state index contributed by atoms with van der Waals surface area (Å²) in [7, 11) is 0. The van der Waals surface area contributed by atoms with Crippen molar-refractivity contribution >= 4 is 17.2 Å². The lowest BCUT2D eigenvalue weighted by molar-refractivity contribution is 0.658. The van der Waals surface area contributed by atoms with Crippen molar-refractivity contribution in [2.75, 3.05) is 0 Å². The second kappa shape index (κ2) is 5.11. The van der Waals surface area contributed by atoms with Gasteiger partial charge in [0.2, 0.25) is 0 Å². The highest BCUT2D eigenvalue weighted by Gasteiger charge is 2.08. The third-order valence-corrected chi connectivity index (χ3v) is 3.51. The van der Waals surface area contributed by atoms with Crippen LogP contribution in [0.5, 0.6) is 0 Å². The molecule has 2 N–H and O–H groups in total. The zero-order valence-corrected chi connectivity index (χ0v) is 11.4. The van der Waals surface area contributed by atoms with Gasteiger partial charge in [0.05, 0.1) is 6.54 Å². The fourth-order valence-electron chi connectivity index (χ4n) is 2.08. The van der Waals surface area contributed by atoms with Crippen molar-refractivity contribution < 1.29 is 0 Å². The van der Waals surface area contributed by atoms with E-state index in [1.807, 2.05) is 24.3 Å². The quantitative estimate of drug-likeness (QED) is 0.797. The van der Waals surface area contributed by atoms with Gasteiger partial charge < -0.3 is 5.73 Å². The molecule has 0 atom stereocenters. The van der Waals surface area contributed by atoms with E-state index in [0.717, 1.165) is 11.1 Å². The van der Waals surface area contributed by atoms with Crippen LogP contribution in [0.3, 0.4) is 0 Å². The van der Waals surface area contributed by atoms with E-state index < -0.39 is 0 Å². The Labute approximate surface area is 120 Å². The molecule has 0 fully saturated rings. The maximum absolute atomic E-state index is 12.2. The molecular weight excluding hydrogens is 276 g/mol. The highest BCUT2D eigenvalue weighted by molar-refractivity contribution is 6.31. The monoisotopic (exact) mass is 288 g/mol. The van der Waals surface area contributed by atoms with Gasteiger partial charge in [-0.2, -0.15) is 0 Å². The maximum Gasteiger partial charge on any atom is 0.350 e. The van der Waals surface area contributed by atoms with Gasteiger partial charge in [-0.1, -0.05) is 29.8 Å².